The summed E-state index contributed by atoms with van der Waals surface area (Å²) in [6.45, 7) is 2.25. The Morgan fingerprint density at radius 1 is 0.846 bits per heavy atom. The molecule has 0 bridgehead atoms. The number of rotatable bonds is 9. The molecule has 78 valence electrons. The predicted molar refractivity (Wildman–Crippen MR) is 65.5 cm³/mol. The highest BCUT2D eigenvalue weighted by Crippen LogP contribution is 2.04. The van der Waals surface area contributed by atoms with Crippen LogP contribution in [0.3, 0.4) is 0 Å². The maximum atomic E-state index is 3.44. The minimum atomic E-state index is 1.16. The lowest BCUT2D eigenvalue weighted by molar-refractivity contribution is 0.718. The maximum Gasteiger partial charge on any atom is 0.00313 e. The van der Waals surface area contributed by atoms with Gasteiger partial charge in [0.1, 0.15) is 0 Å². The molecule has 0 aliphatic heterocycles. The summed E-state index contributed by atoms with van der Waals surface area (Å²) in [7, 11) is 0. The maximum absolute atomic E-state index is 3.44. The van der Waals surface area contributed by atoms with Gasteiger partial charge < -0.3 is 0 Å². The van der Waals surface area contributed by atoms with E-state index < -0.39 is 0 Å². The molecule has 0 unspecified atom stereocenters. The van der Waals surface area contributed by atoms with E-state index in [0.29, 0.717) is 0 Å². The fourth-order valence-corrected chi connectivity index (χ4v) is 1.68. The minimum absolute atomic E-state index is 1.16. The normalized spacial score (nSPS) is 11.2. The molecule has 0 nitrogen and oxygen atoms in total. The van der Waals surface area contributed by atoms with E-state index in [1.807, 2.05) is 0 Å². The Labute approximate surface area is 91.9 Å². The first-order valence-corrected chi connectivity index (χ1v) is 6.75. The van der Waals surface area contributed by atoms with Crippen LogP contribution < -0.4 is 0 Å². The molecule has 0 heterocycles. The van der Waals surface area contributed by atoms with Crippen LogP contribution in [0.25, 0.3) is 0 Å². The Morgan fingerprint density at radius 3 is 2.00 bits per heavy atom. The number of unbranched alkanes of at least 4 members (excludes halogenated alkanes) is 6. The summed E-state index contributed by atoms with van der Waals surface area (Å²) in [5, 5.41) is 1.16. The van der Waals surface area contributed by atoms with Crippen molar-refractivity contribution in [2.75, 3.05) is 5.33 Å². The van der Waals surface area contributed by atoms with Crippen LogP contribution in [0.2, 0.25) is 0 Å². The van der Waals surface area contributed by atoms with Crippen LogP contribution in [0.4, 0.5) is 0 Å². The van der Waals surface area contributed by atoms with Crippen molar-refractivity contribution in [2.24, 2.45) is 0 Å². The van der Waals surface area contributed by atoms with Gasteiger partial charge in [-0.15, -0.1) is 0 Å². The molecule has 0 radical (unpaired) electrons. The van der Waals surface area contributed by atoms with Crippen molar-refractivity contribution in [3.63, 3.8) is 0 Å². The lowest BCUT2D eigenvalue weighted by atomic mass is 10.1. The smallest absolute Gasteiger partial charge is 0.00313 e. The van der Waals surface area contributed by atoms with Crippen molar-refractivity contribution in [1.29, 1.82) is 0 Å². The van der Waals surface area contributed by atoms with Gasteiger partial charge in [0, 0.05) is 5.33 Å². The number of hydrogen-bond acceptors (Lipinski definition) is 0. The molecule has 0 amide bonds. The average molecular weight is 247 g/mol. The molecule has 0 aromatic rings. The van der Waals surface area contributed by atoms with Gasteiger partial charge in [-0.2, -0.15) is 0 Å². The molecule has 0 fully saturated rings. The highest BCUT2D eigenvalue weighted by atomic mass is 79.9. The minimum Gasteiger partial charge on any atom is -0.0928 e. The Kier molecular flexibility index (Phi) is 12.4. The van der Waals surface area contributed by atoms with Crippen molar-refractivity contribution >= 4 is 15.9 Å². The second-order valence-electron chi connectivity index (χ2n) is 3.51. The summed E-state index contributed by atoms with van der Waals surface area (Å²) in [6, 6.07) is 0. The highest BCUT2D eigenvalue weighted by Gasteiger charge is 1.85. The largest absolute Gasteiger partial charge is 0.0928 e. The van der Waals surface area contributed by atoms with Crippen LogP contribution in [0.15, 0.2) is 12.2 Å². The molecule has 0 aromatic heterocycles. The van der Waals surface area contributed by atoms with E-state index in [2.05, 4.69) is 35.0 Å². The van der Waals surface area contributed by atoms with Gasteiger partial charge in [0.25, 0.3) is 0 Å². The molecule has 13 heavy (non-hydrogen) atoms. The molecule has 0 saturated carbocycles. The molecule has 0 N–H and O–H groups in total. The van der Waals surface area contributed by atoms with Crippen LogP contribution in [0.5, 0.6) is 0 Å². The van der Waals surface area contributed by atoms with Gasteiger partial charge in [-0.1, -0.05) is 54.3 Å². The van der Waals surface area contributed by atoms with E-state index >= 15 is 0 Å². The van der Waals surface area contributed by atoms with Crippen molar-refractivity contribution < 1.29 is 0 Å². The molecule has 0 aliphatic rings. The van der Waals surface area contributed by atoms with E-state index in [-0.39, 0.29) is 0 Å². The van der Waals surface area contributed by atoms with Crippen LogP contribution >= 0.6 is 15.9 Å². The fraction of sp³-hybridized carbons (Fsp3) is 0.833. The van der Waals surface area contributed by atoms with E-state index in [0.717, 1.165) is 5.33 Å². The Balaban J connectivity index is 2.95. The number of halogens is 1. The first kappa shape index (κ1) is 13.2. The first-order chi connectivity index (χ1) is 6.41. The van der Waals surface area contributed by atoms with Gasteiger partial charge in [-0.05, 0) is 32.1 Å². The monoisotopic (exact) mass is 246 g/mol. The van der Waals surface area contributed by atoms with E-state index in [9.17, 15) is 0 Å². The predicted octanol–water partition coefficient (Wildman–Crippen LogP) is 5.08. The number of allylic oxidation sites excluding steroid dienone is 2. The molecule has 0 rings (SSSR count). The highest BCUT2D eigenvalue weighted by molar-refractivity contribution is 9.09. The van der Waals surface area contributed by atoms with Gasteiger partial charge in [-0.3, -0.25) is 0 Å². The zero-order chi connectivity index (χ0) is 9.78. The van der Waals surface area contributed by atoms with Crippen molar-refractivity contribution in [2.45, 2.75) is 58.3 Å². The summed E-state index contributed by atoms with van der Waals surface area (Å²) in [6.07, 6.45) is 15.4. The van der Waals surface area contributed by atoms with Gasteiger partial charge in [0.05, 0.1) is 0 Å². The second-order valence-corrected chi connectivity index (χ2v) is 4.30. The fourth-order valence-electron chi connectivity index (χ4n) is 1.28. The Bertz CT molecular complexity index is 108. The third-order valence-electron chi connectivity index (χ3n) is 2.15. The Morgan fingerprint density at radius 2 is 1.46 bits per heavy atom. The topological polar surface area (TPSA) is 0 Å². The molecule has 0 atom stereocenters. The summed E-state index contributed by atoms with van der Waals surface area (Å²) < 4.78 is 0. The van der Waals surface area contributed by atoms with Gasteiger partial charge in [0.15, 0.2) is 0 Å². The zero-order valence-electron chi connectivity index (χ0n) is 8.90. The van der Waals surface area contributed by atoms with E-state index in [1.54, 1.807) is 0 Å². The molecule has 0 aliphatic carbocycles. The molecule has 0 spiro atoms. The second kappa shape index (κ2) is 12.2. The molecular weight excluding hydrogens is 224 g/mol. The van der Waals surface area contributed by atoms with Crippen LogP contribution in [-0.4, -0.2) is 5.33 Å². The van der Waals surface area contributed by atoms with Crippen molar-refractivity contribution in [3.8, 4) is 0 Å². The molecule has 0 aromatic carbocycles. The average Bonchev–Trinajstić information content (AvgIpc) is 2.16. The van der Waals surface area contributed by atoms with E-state index in [1.165, 1.54) is 51.4 Å². The third-order valence-corrected chi connectivity index (χ3v) is 2.71. The number of hydrogen-bond donors (Lipinski definition) is 0. The number of alkyl halides is 1. The summed E-state index contributed by atoms with van der Waals surface area (Å²) in [4.78, 5) is 0. The summed E-state index contributed by atoms with van der Waals surface area (Å²) in [5.41, 5.74) is 0. The molecular formula is C12H23Br. The van der Waals surface area contributed by atoms with Crippen molar-refractivity contribution in [1.82, 2.24) is 0 Å². The lowest BCUT2D eigenvalue weighted by Gasteiger charge is -1.94. The van der Waals surface area contributed by atoms with Gasteiger partial charge in [0.2, 0.25) is 0 Å². The summed E-state index contributed by atoms with van der Waals surface area (Å²) in [5.74, 6) is 0. The van der Waals surface area contributed by atoms with Crippen molar-refractivity contribution in [3.05, 3.63) is 12.2 Å². The van der Waals surface area contributed by atoms with Crippen LogP contribution in [0.1, 0.15) is 58.3 Å². The quantitative estimate of drug-likeness (QED) is 0.303. The zero-order valence-corrected chi connectivity index (χ0v) is 10.5. The standard InChI is InChI=1S/C12H23Br/c1-2-3-4-5-6-7-8-9-10-11-12-13/h6-7H,2-5,8-12H2,1H3/b7-6-. The molecule has 1 heteroatoms. The van der Waals surface area contributed by atoms with Crippen LogP contribution in [0, 0.1) is 0 Å². The van der Waals surface area contributed by atoms with Crippen LogP contribution in [-0.2, 0) is 0 Å². The first-order valence-electron chi connectivity index (χ1n) is 5.62. The van der Waals surface area contributed by atoms with Gasteiger partial charge in [-0.25, -0.2) is 0 Å². The van der Waals surface area contributed by atoms with Gasteiger partial charge >= 0.3 is 0 Å². The third kappa shape index (κ3) is 12.2. The lowest BCUT2D eigenvalue weighted by Crippen LogP contribution is -1.76. The Hall–Kier alpha value is 0.220. The summed E-state index contributed by atoms with van der Waals surface area (Å²) >= 11 is 3.44. The van der Waals surface area contributed by atoms with E-state index in [4.69, 9.17) is 0 Å². The molecule has 0 saturated heterocycles. The SMILES string of the molecule is CCCCC/C=C\CCCCCBr.